The van der Waals surface area contributed by atoms with Crippen LogP contribution in [0.15, 0.2) is 30.3 Å². The van der Waals surface area contributed by atoms with Crippen LogP contribution in [0.1, 0.15) is 12.5 Å². The Morgan fingerprint density at radius 3 is 2.59 bits per heavy atom. The Hall–Kier alpha value is -1.88. The van der Waals surface area contributed by atoms with Crippen LogP contribution in [0.3, 0.4) is 0 Å². The van der Waals surface area contributed by atoms with Gasteiger partial charge in [0.25, 0.3) is 5.91 Å². The van der Waals surface area contributed by atoms with E-state index in [4.69, 9.17) is 4.74 Å². The molecule has 1 aromatic carbocycles. The van der Waals surface area contributed by atoms with E-state index in [0.29, 0.717) is 6.42 Å². The van der Waals surface area contributed by atoms with Crippen LogP contribution in [0.5, 0.6) is 0 Å². The molecule has 2 unspecified atom stereocenters. The van der Waals surface area contributed by atoms with Crippen molar-refractivity contribution in [3.05, 3.63) is 35.9 Å². The number of urea groups is 1. The highest BCUT2D eigenvalue weighted by Crippen LogP contribution is 2.08. The number of amides is 3. The molecule has 2 rings (SSSR count). The minimum Gasteiger partial charge on any atom is -0.346 e. The molecule has 1 aromatic rings. The fourth-order valence-electron chi connectivity index (χ4n) is 1.72. The lowest BCUT2D eigenvalue weighted by Gasteiger charge is -2.16. The van der Waals surface area contributed by atoms with E-state index in [1.54, 1.807) is 0 Å². The molecule has 17 heavy (non-hydrogen) atoms. The Morgan fingerprint density at radius 2 is 2.00 bits per heavy atom. The van der Waals surface area contributed by atoms with Crippen LogP contribution in [0.4, 0.5) is 4.79 Å². The normalized spacial score (nSPS) is 20.9. The van der Waals surface area contributed by atoms with Gasteiger partial charge in [-0.3, -0.25) is 10.1 Å². The largest absolute Gasteiger partial charge is 0.346 e. The standard InChI is InChI=1S/C12H14N2O3/c1-8(7-9-5-3-2-4-6-9)17-11-10(15)13-12(16)14-11/h2-6,8,11H,7H2,1H3,(H2,13,14,15,16). The van der Waals surface area contributed by atoms with E-state index in [-0.39, 0.29) is 6.10 Å². The first kappa shape index (κ1) is 11.6. The predicted octanol–water partition coefficient (Wildman–Crippen LogP) is 0.800. The van der Waals surface area contributed by atoms with Crippen LogP contribution < -0.4 is 10.6 Å². The first-order valence-electron chi connectivity index (χ1n) is 5.46. The van der Waals surface area contributed by atoms with Crippen molar-refractivity contribution in [2.45, 2.75) is 25.7 Å². The SMILES string of the molecule is CC(Cc1ccccc1)OC1NC(=O)NC1=O. The van der Waals surface area contributed by atoms with Crippen LogP contribution in [0, 0.1) is 0 Å². The molecule has 0 spiro atoms. The number of ether oxygens (including phenoxy) is 1. The fraction of sp³-hybridized carbons (Fsp3) is 0.333. The molecule has 3 amide bonds. The second-order valence-electron chi connectivity index (χ2n) is 3.98. The topological polar surface area (TPSA) is 67.4 Å². The summed E-state index contributed by atoms with van der Waals surface area (Å²) in [5.74, 6) is -0.435. The Kier molecular flexibility index (Phi) is 3.39. The molecule has 1 saturated heterocycles. The fourth-order valence-corrected chi connectivity index (χ4v) is 1.72. The van der Waals surface area contributed by atoms with E-state index in [0.717, 1.165) is 5.56 Å². The summed E-state index contributed by atoms with van der Waals surface area (Å²) >= 11 is 0. The first-order valence-corrected chi connectivity index (χ1v) is 5.46. The van der Waals surface area contributed by atoms with Gasteiger partial charge in [0.15, 0.2) is 0 Å². The van der Waals surface area contributed by atoms with Crippen molar-refractivity contribution >= 4 is 11.9 Å². The Bertz CT molecular complexity index is 419. The summed E-state index contributed by atoms with van der Waals surface area (Å²) in [6.45, 7) is 1.87. The number of rotatable bonds is 4. The third-order valence-corrected chi connectivity index (χ3v) is 2.47. The van der Waals surface area contributed by atoms with Crippen molar-refractivity contribution in [1.82, 2.24) is 10.6 Å². The van der Waals surface area contributed by atoms with Gasteiger partial charge in [-0.2, -0.15) is 0 Å². The molecule has 0 saturated carbocycles. The molecular weight excluding hydrogens is 220 g/mol. The zero-order valence-electron chi connectivity index (χ0n) is 9.47. The van der Waals surface area contributed by atoms with Gasteiger partial charge in [0.1, 0.15) is 0 Å². The van der Waals surface area contributed by atoms with Crippen molar-refractivity contribution in [3.8, 4) is 0 Å². The summed E-state index contributed by atoms with van der Waals surface area (Å²) in [6.07, 6.45) is -0.326. The van der Waals surface area contributed by atoms with Crippen molar-refractivity contribution in [1.29, 1.82) is 0 Å². The summed E-state index contributed by atoms with van der Waals surface area (Å²) in [5, 5.41) is 4.52. The molecule has 1 fully saturated rings. The van der Waals surface area contributed by atoms with Crippen LogP contribution in [-0.4, -0.2) is 24.3 Å². The molecule has 2 N–H and O–H groups in total. The number of carbonyl (C=O) groups excluding carboxylic acids is 2. The van der Waals surface area contributed by atoms with Gasteiger partial charge in [0.05, 0.1) is 6.10 Å². The minimum absolute atomic E-state index is 0.147. The molecule has 5 nitrogen and oxygen atoms in total. The van der Waals surface area contributed by atoms with Crippen molar-refractivity contribution in [2.24, 2.45) is 0 Å². The van der Waals surface area contributed by atoms with E-state index in [2.05, 4.69) is 10.6 Å². The van der Waals surface area contributed by atoms with Gasteiger partial charge in [0, 0.05) is 0 Å². The molecule has 0 aliphatic carbocycles. The van der Waals surface area contributed by atoms with Gasteiger partial charge < -0.3 is 10.1 Å². The number of carbonyl (C=O) groups is 2. The van der Waals surface area contributed by atoms with Crippen LogP contribution >= 0.6 is 0 Å². The van der Waals surface area contributed by atoms with Crippen molar-refractivity contribution in [3.63, 3.8) is 0 Å². The lowest BCUT2D eigenvalue weighted by atomic mass is 10.1. The molecule has 90 valence electrons. The highest BCUT2D eigenvalue weighted by atomic mass is 16.5. The molecule has 0 radical (unpaired) electrons. The summed E-state index contributed by atoms with van der Waals surface area (Å²) in [4.78, 5) is 22.1. The van der Waals surface area contributed by atoms with Crippen molar-refractivity contribution in [2.75, 3.05) is 0 Å². The van der Waals surface area contributed by atoms with E-state index >= 15 is 0 Å². The molecule has 0 bridgehead atoms. The number of nitrogens with one attached hydrogen (secondary N) is 2. The summed E-state index contributed by atoms with van der Waals surface area (Å²) < 4.78 is 5.45. The monoisotopic (exact) mass is 234 g/mol. The number of benzene rings is 1. The number of hydrogen-bond acceptors (Lipinski definition) is 3. The summed E-state index contributed by atoms with van der Waals surface area (Å²) in [6, 6.07) is 9.32. The van der Waals surface area contributed by atoms with Gasteiger partial charge in [0.2, 0.25) is 6.23 Å². The second-order valence-corrected chi connectivity index (χ2v) is 3.98. The maximum atomic E-state index is 11.3. The zero-order valence-corrected chi connectivity index (χ0v) is 9.47. The number of imide groups is 1. The van der Waals surface area contributed by atoms with Gasteiger partial charge in [-0.15, -0.1) is 0 Å². The maximum absolute atomic E-state index is 11.3. The van der Waals surface area contributed by atoms with Gasteiger partial charge in [-0.25, -0.2) is 4.79 Å². The quantitative estimate of drug-likeness (QED) is 0.757. The Labute approximate surface area is 99.2 Å². The van der Waals surface area contributed by atoms with Crippen LogP contribution in [0.2, 0.25) is 0 Å². The summed E-state index contributed by atoms with van der Waals surface area (Å²) in [7, 11) is 0. The molecule has 0 aromatic heterocycles. The number of hydrogen-bond donors (Lipinski definition) is 2. The highest BCUT2D eigenvalue weighted by molar-refractivity contribution is 6.03. The smallest absolute Gasteiger partial charge is 0.323 e. The third-order valence-electron chi connectivity index (χ3n) is 2.47. The molecule has 2 atom stereocenters. The molecule has 1 aliphatic rings. The lowest BCUT2D eigenvalue weighted by molar-refractivity contribution is -0.133. The zero-order chi connectivity index (χ0) is 12.3. The molecule has 5 heteroatoms. The van der Waals surface area contributed by atoms with Gasteiger partial charge in [-0.05, 0) is 18.9 Å². The van der Waals surface area contributed by atoms with E-state index < -0.39 is 18.2 Å². The summed E-state index contributed by atoms with van der Waals surface area (Å²) in [5.41, 5.74) is 1.13. The highest BCUT2D eigenvalue weighted by Gasteiger charge is 2.31. The lowest BCUT2D eigenvalue weighted by Crippen LogP contribution is -2.35. The van der Waals surface area contributed by atoms with Crippen molar-refractivity contribution < 1.29 is 14.3 Å². The molecule has 1 heterocycles. The predicted molar refractivity (Wildman–Crippen MR) is 61.2 cm³/mol. The Balaban J connectivity index is 1.87. The molecule has 1 aliphatic heterocycles. The van der Waals surface area contributed by atoms with Gasteiger partial charge >= 0.3 is 6.03 Å². The Morgan fingerprint density at radius 1 is 1.29 bits per heavy atom. The minimum atomic E-state index is -0.874. The third kappa shape index (κ3) is 3.04. The average molecular weight is 234 g/mol. The van der Waals surface area contributed by atoms with Crippen LogP contribution in [0.25, 0.3) is 0 Å². The van der Waals surface area contributed by atoms with E-state index in [1.165, 1.54) is 0 Å². The van der Waals surface area contributed by atoms with E-state index in [9.17, 15) is 9.59 Å². The average Bonchev–Trinajstić information content (AvgIpc) is 2.58. The maximum Gasteiger partial charge on any atom is 0.323 e. The van der Waals surface area contributed by atoms with Crippen LogP contribution in [-0.2, 0) is 16.0 Å². The second kappa shape index (κ2) is 4.97. The molecular formula is C12H14N2O3. The first-order chi connectivity index (χ1) is 8.15. The van der Waals surface area contributed by atoms with E-state index in [1.807, 2.05) is 37.3 Å². The van der Waals surface area contributed by atoms with Gasteiger partial charge in [-0.1, -0.05) is 30.3 Å².